The van der Waals surface area contributed by atoms with Gasteiger partial charge in [0.05, 0.1) is 11.3 Å². The number of nitrogens with zero attached hydrogens (tertiary/aromatic N) is 1. The van der Waals surface area contributed by atoms with Gasteiger partial charge >= 0.3 is 0 Å². The van der Waals surface area contributed by atoms with E-state index >= 15 is 0 Å². The summed E-state index contributed by atoms with van der Waals surface area (Å²) in [5.41, 5.74) is 0.371. The minimum atomic E-state index is -3.15. The number of fused-ring (bicyclic) bond motifs is 1. The maximum atomic E-state index is 12.3. The van der Waals surface area contributed by atoms with Gasteiger partial charge in [-0.3, -0.25) is 4.79 Å². The molecule has 0 saturated carbocycles. The van der Waals surface area contributed by atoms with Crippen LogP contribution in [0.4, 0.5) is 0 Å². The Labute approximate surface area is 128 Å². The van der Waals surface area contributed by atoms with E-state index in [-0.39, 0.29) is 11.7 Å². The maximum absolute atomic E-state index is 12.3. The number of halogens is 1. The van der Waals surface area contributed by atoms with Crippen LogP contribution >= 0.6 is 11.6 Å². The molecule has 1 aromatic carbocycles. The molecule has 0 bridgehead atoms. The number of pyridine rings is 1. The fourth-order valence-electron chi connectivity index (χ4n) is 2.14. The normalized spacial score (nSPS) is 13.1. The van der Waals surface area contributed by atoms with Crippen LogP contribution in [0.25, 0.3) is 10.8 Å². The third kappa shape index (κ3) is 3.92. The van der Waals surface area contributed by atoms with Gasteiger partial charge in [0, 0.05) is 23.9 Å². The summed E-state index contributed by atoms with van der Waals surface area (Å²) in [4.78, 5) is 16.3. The Hall–Kier alpha value is -1.66. The highest BCUT2D eigenvalue weighted by Gasteiger charge is 2.17. The molecule has 1 heterocycles. The van der Waals surface area contributed by atoms with Gasteiger partial charge in [0.2, 0.25) is 0 Å². The Morgan fingerprint density at radius 1 is 1.33 bits per heavy atom. The molecule has 0 aliphatic carbocycles. The van der Waals surface area contributed by atoms with Crippen molar-refractivity contribution in [3.63, 3.8) is 0 Å². The first-order chi connectivity index (χ1) is 9.78. The minimum absolute atomic E-state index is 0.113. The van der Waals surface area contributed by atoms with Gasteiger partial charge < -0.3 is 5.32 Å². The Kier molecular flexibility index (Phi) is 4.49. The van der Waals surface area contributed by atoms with E-state index in [1.807, 2.05) is 6.07 Å². The fourth-order valence-corrected chi connectivity index (χ4v) is 3.34. The van der Waals surface area contributed by atoms with Crippen molar-refractivity contribution in [1.29, 1.82) is 0 Å². The number of carbonyl (C=O) groups excluding carboxylic acids is 1. The van der Waals surface area contributed by atoms with Crippen LogP contribution in [0.15, 0.2) is 30.5 Å². The number of benzene rings is 1. The van der Waals surface area contributed by atoms with Gasteiger partial charge in [-0.2, -0.15) is 0 Å². The van der Waals surface area contributed by atoms with E-state index in [2.05, 4.69) is 10.3 Å². The summed E-state index contributed by atoms with van der Waals surface area (Å²) in [6.45, 7) is 1.64. The van der Waals surface area contributed by atoms with Crippen molar-refractivity contribution >= 4 is 38.1 Å². The molecule has 0 aliphatic rings. The lowest BCUT2D eigenvalue weighted by atomic mass is 10.1. The second-order valence-corrected chi connectivity index (χ2v) is 7.52. The van der Waals surface area contributed by atoms with Crippen LogP contribution in [-0.2, 0) is 9.84 Å². The summed E-state index contributed by atoms with van der Waals surface area (Å²) < 4.78 is 22.5. The number of carbonyl (C=O) groups is 1. The van der Waals surface area contributed by atoms with E-state index in [0.29, 0.717) is 21.5 Å². The van der Waals surface area contributed by atoms with Gasteiger partial charge in [-0.25, -0.2) is 13.4 Å². The summed E-state index contributed by atoms with van der Waals surface area (Å²) in [5.74, 6) is -0.482. The third-order valence-electron chi connectivity index (χ3n) is 2.92. The molecule has 7 heteroatoms. The molecule has 0 radical (unpaired) electrons. The molecule has 1 unspecified atom stereocenters. The van der Waals surface area contributed by atoms with E-state index < -0.39 is 15.9 Å². The molecule has 1 aromatic heterocycles. The topological polar surface area (TPSA) is 76.1 Å². The van der Waals surface area contributed by atoms with Crippen LogP contribution < -0.4 is 5.32 Å². The monoisotopic (exact) mass is 326 g/mol. The van der Waals surface area contributed by atoms with Crippen LogP contribution in [0.1, 0.15) is 17.3 Å². The summed E-state index contributed by atoms with van der Waals surface area (Å²) in [5, 5.41) is 4.35. The zero-order valence-electron chi connectivity index (χ0n) is 11.6. The average Bonchev–Trinajstić information content (AvgIpc) is 2.37. The average molecular weight is 327 g/mol. The second kappa shape index (κ2) is 5.99. The number of aromatic nitrogens is 1. The maximum Gasteiger partial charge on any atom is 0.253 e. The first-order valence-electron chi connectivity index (χ1n) is 6.30. The number of nitrogens with one attached hydrogen (secondary N) is 1. The molecule has 0 spiro atoms. The smallest absolute Gasteiger partial charge is 0.253 e. The lowest BCUT2D eigenvalue weighted by Gasteiger charge is -2.14. The molecule has 0 fully saturated rings. The van der Waals surface area contributed by atoms with Crippen LogP contribution in [0.3, 0.4) is 0 Å². The molecule has 5 nitrogen and oxygen atoms in total. The van der Waals surface area contributed by atoms with Crippen LogP contribution in [0.2, 0.25) is 5.15 Å². The predicted octanol–water partition coefficient (Wildman–Crippen LogP) is 2.05. The van der Waals surface area contributed by atoms with Gasteiger partial charge in [-0.15, -0.1) is 0 Å². The molecular formula is C14H15ClN2O3S. The van der Waals surface area contributed by atoms with Crippen molar-refractivity contribution in [2.75, 3.05) is 12.0 Å². The molecule has 21 heavy (non-hydrogen) atoms. The summed E-state index contributed by atoms with van der Waals surface area (Å²) in [7, 11) is -3.15. The van der Waals surface area contributed by atoms with E-state index in [1.54, 1.807) is 25.1 Å². The van der Waals surface area contributed by atoms with Crippen LogP contribution in [-0.4, -0.2) is 37.4 Å². The van der Waals surface area contributed by atoms with Gasteiger partial charge in [-0.1, -0.05) is 35.9 Å². The molecular weight excluding hydrogens is 312 g/mol. The molecule has 112 valence electrons. The first-order valence-corrected chi connectivity index (χ1v) is 8.73. The van der Waals surface area contributed by atoms with Crippen LogP contribution in [0.5, 0.6) is 0 Å². The number of hydrogen-bond acceptors (Lipinski definition) is 4. The highest BCUT2D eigenvalue weighted by Crippen LogP contribution is 2.24. The zero-order chi connectivity index (χ0) is 15.6. The Balaban J connectivity index is 2.30. The van der Waals surface area contributed by atoms with E-state index in [4.69, 9.17) is 11.6 Å². The Morgan fingerprint density at radius 2 is 1.95 bits per heavy atom. The number of amides is 1. The highest BCUT2D eigenvalue weighted by atomic mass is 35.5. The van der Waals surface area contributed by atoms with Gasteiger partial charge in [0.15, 0.2) is 0 Å². The molecule has 1 N–H and O–H groups in total. The number of sulfone groups is 1. The molecule has 0 saturated heterocycles. The number of rotatable bonds is 4. The van der Waals surface area contributed by atoms with Gasteiger partial charge in [0.25, 0.3) is 5.91 Å². The van der Waals surface area contributed by atoms with Crippen molar-refractivity contribution in [1.82, 2.24) is 10.3 Å². The van der Waals surface area contributed by atoms with E-state index in [1.165, 1.54) is 6.20 Å². The molecule has 1 amide bonds. The molecule has 1 atom stereocenters. The van der Waals surface area contributed by atoms with Crippen molar-refractivity contribution in [3.05, 3.63) is 41.2 Å². The third-order valence-corrected chi connectivity index (χ3v) is 4.33. The Bertz CT molecular complexity index is 790. The molecule has 0 aliphatic heterocycles. The summed E-state index contributed by atoms with van der Waals surface area (Å²) in [6, 6.07) is 6.68. The summed E-state index contributed by atoms with van der Waals surface area (Å²) >= 11 is 6.00. The van der Waals surface area contributed by atoms with Gasteiger partial charge in [-0.05, 0) is 12.3 Å². The standard InChI is InChI=1S/C14H15ClN2O3S/c1-9(8-21(2,19)20)17-14(18)12-7-16-13(15)11-6-4-3-5-10(11)12/h3-7,9H,8H2,1-2H3,(H,17,18). The van der Waals surface area contributed by atoms with E-state index in [9.17, 15) is 13.2 Å². The number of hydrogen-bond donors (Lipinski definition) is 1. The van der Waals surface area contributed by atoms with Crippen LogP contribution in [0, 0.1) is 0 Å². The van der Waals surface area contributed by atoms with Gasteiger partial charge in [0.1, 0.15) is 15.0 Å². The lowest BCUT2D eigenvalue weighted by molar-refractivity contribution is 0.0945. The summed E-state index contributed by atoms with van der Waals surface area (Å²) in [6.07, 6.45) is 2.53. The fraction of sp³-hybridized carbons (Fsp3) is 0.286. The molecule has 2 rings (SSSR count). The van der Waals surface area contributed by atoms with Crippen molar-refractivity contribution in [3.8, 4) is 0 Å². The van der Waals surface area contributed by atoms with Crippen molar-refractivity contribution in [2.45, 2.75) is 13.0 Å². The second-order valence-electron chi connectivity index (χ2n) is 4.98. The Morgan fingerprint density at radius 3 is 2.57 bits per heavy atom. The van der Waals surface area contributed by atoms with Crippen molar-refractivity contribution in [2.24, 2.45) is 0 Å². The predicted molar refractivity (Wildman–Crippen MR) is 83.4 cm³/mol. The zero-order valence-corrected chi connectivity index (χ0v) is 13.2. The minimum Gasteiger partial charge on any atom is -0.348 e. The largest absolute Gasteiger partial charge is 0.348 e. The first kappa shape index (κ1) is 15.7. The van der Waals surface area contributed by atoms with Crippen molar-refractivity contribution < 1.29 is 13.2 Å². The SMILES string of the molecule is CC(CS(C)(=O)=O)NC(=O)c1cnc(Cl)c2ccccc12. The van der Waals surface area contributed by atoms with E-state index in [0.717, 1.165) is 6.26 Å². The quantitative estimate of drug-likeness (QED) is 0.872. The molecule has 2 aromatic rings. The lowest BCUT2D eigenvalue weighted by Crippen LogP contribution is -2.37. The highest BCUT2D eigenvalue weighted by molar-refractivity contribution is 7.90.